The number of hydrogen-bond acceptors (Lipinski definition) is 4. The molecular formula is C21H22N2O4. The van der Waals surface area contributed by atoms with Crippen molar-refractivity contribution in [2.24, 2.45) is 0 Å². The summed E-state index contributed by atoms with van der Waals surface area (Å²) in [6.07, 6.45) is 2.86. The molecule has 2 heterocycles. The van der Waals surface area contributed by atoms with Gasteiger partial charge in [0.25, 0.3) is 0 Å². The molecule has 0 saturated carbocycles. The molecular weight excluding hydrogens is 344 g/mol. The summed E-state index contributed by atoms with van der Waals surface area (Å²) in [7, 11) is 0. The molecule has 2 aromatic carbocycles. The quantitative estimate of drug-likeness (QED) is 0.869. The SMILES string of the molecule is CC(NC(=O)N1CC=C(c2ccc(O)cc2)CC1)c1ccc2c(c1)OCO2. The lowest BCUT2D eigenvalue weighted by Gasteiger charge is -2.28. The van der Waals surface area contributed by atoms with Crippen LogP contribution >= 0.6 is 0 Å². The Kier molecular flexibility index (Phi) is 4.62. The number of carbonyl (C=O) groups is 1. The number of rotatable bonds is 3. The van der Waals surface area contributed by atoms with Gasteiger partial charge in [-0.15, -0.1) is 0 Å². The number of phenolic OH excluding ortho intramolecular Hbond substituents is 1. The average molecular weight is 366 g/mol. The number of fused-ring (bicyclic) bond motifs is 1. The number of amides is 2. The lowest BCUT2D eigenvalue weighted by molar-refractivity contribution is 0.174. The van der Waals surface area contributed by atoms with Crippen molar-refractivity contribution in [3.05, 3.63) is 59.7 Å². The molecule has 2 aliphatic rings. The van der Waals surface area contributed by atoms with Crippen LogP contribution in [0.1, 0.15) is 30.5 Å². The number of urea groups is 1. The lowest BCUT2D eigenvalue weighted by Crippen LogP contribution is -2.43. The normalized spacial score (nSPS) is 16.6. The van der Waals surface area contributed by atoms with Gasteiger partial charge in [-0.05, 0) is 54.3 Å². The van der Waals surface area contributed by atoms with Crippen molar-refractivity contribution in [1.82, 2.24) is 10.2 Å². The van der Waals surface area contributed by atoms with Crippen LogP contribution in [0.25, 0.3) is 5.57 Å². The van der Waals surface area contributed by atoms with Gasteiger partial charge in [-0.2, -0.15) is 0 Å². The zero-order chi connectivity index (χ0) is 18.8. The van der Waals surface area contributed by atoms with Crippen LogP contribution in [0.4, 0.5) is 4.79 Å². The van der Waals surface area contributed by atoms with E-state index in [2.05, 4.69) is 11.4 Å². The molecule has 140 valence electrons. The molecule has 2 N–H and O–H groups in total. The fraction of sp³-hybridized carbons (Fsp3) is 0.286. The minimum atomic E-state index is -0.130. The Morgan fingerprint density at radius 2 is 1.93 bits per heavy atom. The van der Waals surface area contributed by atoms with Crippen molar-refractivity contribution in [2.45, 2.75) is 19.4 Å². The summed E-state index contributed by atoms with van der Waals surface area (Å²) < 4.78 is 10.7. The molecule has 0 radical (unpaired) electrons. The maximum atomic E-state index is 12.6. The molecule has 0 aromatic heterocycles. The van der Waals surface area contributed by atoms with E-state index < -0.39 is 0 Å². The van der Waals surface area contributed by atoms with Gasteiger partial charge >= 0.3 is 6.03 Å². The molecule has 0 spiro atoms. The van der Waals surface area contributed by atoms with Gasteiger partial charge in [0, 0.05) is 13.1 Å². The number of ether oxygens (including phenoxy) is 2. The Hall–Kier alpha value is -3.15. The highest BCUT2D eigenvalue weighted by atomic mass is 16.7. The number of nitrogens with zero attached hydrogens (tertiary/aromatic N) is 1. The highest BCUT2D eigenvalue weighted by Crippen LogP contribution is 2.34. The first-order valence-electron chi connectivity index (χ1n) is 9.03. The van der Waals surface area contributed by atoms with Crippen LogP contribution in [-0.4, -0.2) is 35.9 Å². The fourth-order valence-corrected chi connectivity index (χ4v) is 3.33. The average Bonchev–Trinajstić information content (AvgIpc) is 3.16. The number of phenols is 1. The minimum absolute atomic E-state index is 0.0822. The highest BCUT2D eigenvalue weighted by Gasteiger charge is 2.21. The van der Waals surface area contributed by atoms with Gasteiger partial charge in [-0.3, -0.25) is 0 Å². The zero-order valence-electron chi connectivity index (χ0n) is 15.1. The standard InChI is InChI=1S/C21H22N2O4/c1-14(17-4-7-19-20(12-17)27-13-26-19)22-21(25)23-10-8-16(9-11-23)15-2-5-18(24)6-3-15/h2-8,12,14,24H,9-11,13H2,1H3,(H,22,25). The van der Waals surface area contributed by atoms with Crippen molar-refractivity contribution in [2.75, 3.05) is 19.9 Å². The van der Waals surface area contributed by atoms with Crippen molar-refractivity contribution in [3.8, 4) is 17.2 Å². The second kappa shape index (κ2) is 7.23. The molecule has 0 fully saturated rings. The van der Waals surface area contributed by atoms with Crippen molar-refractivity contribution >= 4 is 11.6 Å². The molecule has 6 heteroatoms. The van der Waals surface area contributed by atoms with E-state index in [-0.39, 0.29) is 24.6 Å². The lowest BCUT2D eigenvalue weighted by atomic mass is 9.99. The molecule has 1 unspecified atom stereocenters. The number of carbonyl (C=O) groups excluding carboxylic acids is 1. The van der Waals surface area contributed by atoms with E-state index in [1.165, 1.54) is 5.57 Å². The summed E-state index contributed by atoms with van der Waals surface area (Å²) in [5, 5.41) is 12.5. The summed E-state index contributed by atoms with van der Waals surface area (Å²) in [6, 6.07) is 12.7. The molecule has 4 rings (SSSR count). The summed E-state index contributed by atoms with van der Waals surface area (Å²) >= 11 is 0. The maximum Gasteiger partial charge on any atom is 0.318 e. The third-order valence-electron chi connectivity index (χ3n) is 4.97. The third kappa shape index (κ3) is 3.69. The highest BCUT2D eigenvalue weighted by molar-refractivity contribution is 5.77. The van der Waals surface area contributed by atoms with Gasteiger partial charge < -0.3 is 24.8 Å². The van der Waals surface area contributed by atoms with E-state index in [9.17, 15) is 9.90 Å². The molecule has 2 aromatic rings. The van der Waals surface area contributed by atoms with Crippen molar-refractivity contribution < 1.29 is 19.4 Å². The first kappa shape index (κ1) is 17.3. The van der Waals surface area contributed by atoms with Gasteiger partial charge in [0.05, 0.1) is 6.04 Å². The molecule has 1 atom stereocenters. The first-order chi connectivity index (χ1) is 13.1. The van der Waals surface area contributed by atoms with Crippen molar-refractivity contribution in [1.29, 1.82) is 0 Å². The maximum absolute atomic E-state index is 12.6. The van der Waals surface area contributed by atoms with Gasteiger partial charge in [0.1, 0.15) is 5.75 Å². The molecule has 0 bridgehead atoms. The fourth-order valence-electron chi connectivity index (χ4n) is 3.33. The van der Waals surface area contributed by atoms with Gasteiger partial charge in [-0.25, -0.2) is 4.79 Å². The predicted octanol–water partition coefficient (Wildman–Crippen LogP) is 3.68. The predicted molar refractivity (Wildman–Crippen MR) is 102 cm³/mol. The van der Waals surface area contributed by atoms with E-state index >= 15 is 0 Å². The van der Waals surface area contributed by atoms with E-state index in [1.54, 1.807) is 17.0 Å². The van der Waals surface area contributed by atoms with Crippen LogP contribution in [0.5, 0.6) is 17.2 Å². The minimum Gasteiger partial charge on any atom is -0.508 e. The van der Waals surface area contributed by atoms with E-state index in [0.29, 0.717) is 18.8 Å². The van der Waals surface area contributed by atoms with Crippen LogP contribution < -0.4 is 14.8 Å². The van der Waals surface area contributed by atoms with E-state index in [4.69, 9.17) is 9.47 Å². The van der Waals surface area contributed by atoms with Gasteiger partial charge in [0.2, 0.25) is 6.79 Å². The summed E-state index contributed by atoms with van der Waals surface area (Å²) in [5.74, 6) is 1.71. The Balaban J connectivity index is 1.37. The Labute approximate surface area is 158 Å². The van der Waals surface area contributed by atoms with Crippen LogP contribution in [-0.2, 0) is 0 Å². The third-order valence-corrected chi connectivity index (χ3v) is 4.97. The largest absolute Gasteiger partial charge is 0.508 e. The van der Waals surface area contributed by atoms with Gasteiger partial charge in [-0.1, -0.05) is 24.3 Å². The van der Waals surface area contributed by atoms with Crippen LogP contribution in [0.3, 0.4) is 0 Å². The Bertz CT molecular complexity index is 876. The van der Waals surface area contributed by atoms with E-state index in [1.807, 2.05) is 37.3 Å². The van der Waals surface area contributed by atoms with Crippen LogP contribution in [0, 0.1) is 0 Å². The zero-order valence-corrected chi connectivity index (χ0v) is 15.1. The number of nitrogens with one attached hydrogen (secondary N) is 1. The second-order valence-electron chi connectivity index (χ2n) is 6.76. The Morgan fingerprint density at radius 1 is 1.15 bits per heavy atom. The topological polar surface area (TPSA) is 71.0 Å². The van der Waals surface area contributed by atoms with Crippen LogP contribution in [0.15, 0.2) is 48.5 Å². The second-order valence-corrected chi connectivity index (χ2v) is 6.76. The number of aromatic hydroxyl groups is 1. The smallest absolute Gasteiger partial charge is 0.318 e. The summed E-state index contributed by atoms with van der Waals surface area (Å²) in [5.41, 5.74) is 3.26. The van der Waals surface area contributed by atoms with Crippen LogP contribution in [0.2, 0.25) is 0 Å². The number of hydrogen-bond donors (Lipinski definition) is 2. The molecule has 0 saturated heterocycles. The molecule has 6 nitrogen and oxygen atoms in total. The molecule has 0 aliphatic carbocycles. The monoisotopic (exact) mass is 366 g/mol. The molecule has 27 heavy (non-hydrogen) atoms. The molecule has 2 aliphatic heterocycles. The number of benzene rings is 2. The van der Waals surface area contributed by atoms with Gasteiger partial charge in [0.15, 0.2) is 11.5 Å². The molecule has 2 amide bonds. The van der Waals surface area contributed by atoms with Crippen molar-refractivity contribution in [3.63, 3.8) is 0 Å². The first-order valence-corrected chi connectivity index (χ1v) is 9.03. The summed E-state index contributed by atoms with van der Waals surface area (Å²) in [6.45, 7) is 3.42. The summed E-state index contributed by atoms with van der Waals surface area (Å²) in [4.78, 5) is 14.4. The van der Waals surface area contributed by atoms with E-state index in [0.717, 1.165) is 23.3 Å². The Morgan fingerprint density at radius 3 is 2.67 bits per heavy atom.